The molecule has 0 bridgehead atoms. The highest BCUT2D eigenvalue weighted by atomic mass is 19.1. The minimum atomic E-state index is -0.738. The Morgan fingerprint density at radius 2 is 2.17 bits per heavy atom. The fraction of sp³-hybridized carbons (Fsp3) is 0.389. The fourth-order valence-corrected chi connectivity index (χ4v) is 2.75. The summed E-state index contributed by atoms with van der Waals surface area (Å²) >= 11 is 0. The molecule has 1 fully saturated rings. The molecule has 2 aromatic rings. The molecular formula is C18H19FN4O. The Balaban J connectivity index is 1.89. The van der Waals surface area contributed by atoms with Crippen LogP contribution >= 0.6 is 0 Å². The van der Waals surface area contributed by atoms with Crippen LogP contribution in [0.5, 0.6) is 0 Å². The highest BCUT2D eigenvalue weighted by Crippen LogP contribution is 2.29. The van der Waals surface area contributed by atoms with Crippen LogP contribution in [0.4, 0.5) is 10.1 Å². The van der Waals surface area contributed by atoms with Gasteiger partial charge in [0.1, 0.15) is 12.2 Å². The number of rotatable bonds is 3. The molecule has 0 amide bonds. The predicted molar refractivity (Wildman–Crippen MR) is 90.1 cm³/mol. The summed E-state index contributed by atoms with van der Waals surface area (Å²) in [5.41, 5.74) is 3.00. The van der Waals surface area contributed by atoms with Crippen LogP contribution in [-0.4, -0.2) is 29.4 Å². The Labute approximate surface area is 140 Å². The second-order valence-corrected chi connectivity index (χ2v) is 5.90. The summed E-state index contributed by atoms with van der Waals surface area (Å²) in [6, 6.07) is 7.70. The number of hydrogen-bond acceptors (Lipinski definition) is 5. The largest absolute Gasteiger partial charge is 0.370 e. The van der Waals surface area contributed by atoms with Gasteiger partial charge in [-0.1, -0.05) is 11.2 Å². The van der Waals surface area contributed by atoms with Crippen LogP contribution in [0.2, 0.25) is 0 Å². The number of allylic oxidation sites excluding steroid dienone is 2. The molecule has 0 N–H and O–H groups in total. The maximum absolute atomic E-state index is 13.3. The topological polar surface area (TPSA) is 66.0 Å². The maximum atomic E-state index is 13.3. The summed E-state index contributed by atoms with van der Waals surface area (Å²) in [5.74, 6) is 0.928. The fourth-order valence-electron chi connectivity index (χ4n) is 2.75. The van der Waals surface area contributed by atoms with Crippen molar-refractivity contribution in [3.05, 3.63) is 35.7 Å². The summed E-state index contributed by atoms with van der Waals surface area (Å²) < 4.78 is 18.6. The van der Waals surface area contributed by atoms with Gasteiger partial charge in [-0.25, -0.2) is 4.39 Å². The van der Waals surface area contributed by atoms with Crippen molar-refractivity contribution in [2.24, 2.45) is 0 Å². The van der Waals surface area contributed by atoms with E-state index in [9.17, 15) is 9.65 Å². The summed E-state index contributed by atoms with van der Waals surface area (Å²) in [7, 11) is 0. The van der Waals surface area contributed by atoms with Crippen LogP contribution < -0.4 is 4.90 Å². The molecule has 1 aromatic heterocycles. The molecule has 24 heavy (non-hydrogen) atoms. The molecular weight excluding hydrogens is 307 g/mol. The van der Waals surface area contributed by atoms with Crippen LogP contribution in [0, 0.1) is 11.3 Å². The quantitative estimate of drug-likeness (QED) is 0.854. The molecule has 6 heteroatoms. The van der Waals surface area contributed by atoms with Gasteiger partial charge in [0.25, 0.3) is 5.89 Å². The minimum Gasteiger partial charge on any atom is -0.370 e. The van der Waals surface area contributed by atoms with Crippen molar-refractivity contribution < 1.29 is 8.91 Å². The molecule has 5 nitrogen and oxygen atoms in total. The van der Waals surface area contributed by atoms with Crippen LogP contribution in [-0.2, 0) is 0 Å². The normalized spacial score (nSPS) is 16.2. The number of halogens is 1. The van der Waals surface area contributed by atoms with Crippen molar-refractivity contribution >= 4 is 11.3 Å². The van der Waals surface area contributed by atoms with Gasteiger partial charge in [-0.2, -0.15) is 10.2 Å². The van der Waals surface area contributed by atoms with Crippen LogP contribution in [0.25, 0.3) is 17.0 Å². The van der Waals surface area contributed by atoms with E-state index >= 15 is 0 Å². The lowest BCUT2D eigenvalue weighted by atomic mass is 10.0. The Morgan fingerprint density at radius 3 is 2.83 bits per heavy atom. The molecule has 0 atom stereocenters. The molecule has 1 aliphatic heterocycles. The van der Waals surface area contributed by atoms with Crippen LogP contribution in [0.15, 0.2) is 28.8 Å². The van der Waals surface area contributed by atoms with Crippen molar-refractivity contribution in [1.82, 2.24) is 10.1 Å². The average molecular weight is 326 g/mol. The Bertz CT molecular complexity index is 798. The second kappa shape index (κ2) is 6.83. The van der Waals surface area contributed by atoms with E-state index < -0.39 is 6.17 Å². The first-order valence-electron chi connectivity index (χ1n) is 8.03. The molecule has 0 saturated carbocycles. The first-order valence-corrected chi connectivity index (χ1v) is 8.03. The average Bonchev–Trinajstić information content (AvgIpc) is 3.11. The number of aromatic nitrogens is 2. The van der Waals surface area contributed by atoms with Crippen molar-refractivity contribution in [3.63, 3.8) is 0 Å². The van der Waals surface area contributed by atoms with Gasteiger partial charge in [0.2, 0.25) is 0 Å². The van der Waals surface area contributed by atoms with Gasteiger partial charge in [-0.05, 0) is 50.5 Å². The lowest BCUT2D eigenvalue weighted by Crippen LogP contribution is -2.34. The van der Waals surface area contributed by atoms with Crippen LogP contribution in [0.3, 0.4) is 0 Å². The Morgan fingerprint density at radius 1 is 1.42 bits per heavy atom. The van der Waals surface area contributed by atoms with Crippen molar-refractivity contribution in [1.29, 1.82) is 5.26 Å². The standard InChI is InChI=1S/C18H19FN4O/c1-3-12(2)17-21-18(24-22-17)13-4-5-16(14(10-13)11-20)23-8-6-15(19)7-9-23/h3-5,10,15H,6-9H2,1-2H3. The zero-order chi connectivity index (χ0) is 17.1. The van der Waals surface area contributed by atoms with Gasteiger partial charge in [-0.15, -0.1) is 0 Å². The Kier molecular flexibility index (Phi) is 4.61. The van der Waals surface area contributed by atoms with Gasteiger partial charge in [0.05, 0.1) is 11.3 Å². The lowest BCUT2D eigenvalue weighted by Gasteiger charge is -2.31. The van der Waals surface area contributed by atoms with E-state index in [4.69, 9.17) is 4.52 Å². The predicted octanol–water partition coefficient (Wildman–Crippen LogP) is 3.97. The summed E-state index contributed by atoms with van der Waals surface area (Å²) in [6.07, 6.45) is 2.18. The zero-order valence-electron chi connectivity index (χ0n) is 13.8. The molecule has 3 rings (SSSR count). The van der Waals surface area contributed by atoms with Gasteiger partial charge >= 0.3 is 0 Å². The highest BCUT2D eigenvalue weighted by Gasteiger charge is 2.21. The van der Waals surface area contributed by atoms with E-state index in [0.29, 0.717) is 48.8 Å². The number of hydrogen-bond donors (Lipinski definition) is 0. The van der Waals surface area contributed by atoms with E-state index in [2.05, 4.69) is 21.1 Å². The number of nitriles is 1. The number of nitrogens with zero attached hydrogens (tertiary/aromatic N) is 4. The first-order chi connectivity index (χ1) is 11.6. The monoisotopic (exact) mass is 326 g/mol. The number of benzene rings is 1. The molecule has 0 radical (unpaired) electrons. The summed E-state index contributed by atoms with van der Waals surface area (Å²) in [5, 5.41) is 13.4. The number of alkyl halides is 1. The smallest absolute Gasteiger partial charge is 0.258 e. The van der Waals surface area contributed by atoms with E-state index in [0.717, 1.165) is 11.3 Å². The molecule has 0 aliphatic carbocycles. The molecule has 2 heterocycles. The summed E-state index contributed by atoms with van der Waals surface area (Å²) in [6.45, 7) is 5.07. The zero-order valence-corrected chi connectivity index (χ0v) is 13.8. The maximum Gasteiger partial charge on any atom is 0.258 e. The van der Waals surface area contributed by atoms with E-state index in [1.54, 1.807) is 6.07 Å². The molecule has 124 valence electrons. The highest BCUT2D eigenvalue weighted by molar-refractivity contribution is 5.68. The summed E-state index contributed by atoms with van der Waals surface area (Å²) in [4.78, 5) is 6.42. The van der Waals surface area contributed by atoms with Crippen molar-refractivity contribution in [3.8, 4) is 17.5 Å². The van der Waals surface area contributed by atoms with Gasteiger partial charge in [-0.3, -0.25) is 0 Å². The first kappa shape index (κ1) is 16.2. The van der Waals surface area contributed by atoms with E-state index in [1.165, 1.54) is 0 Å². The molecule has 1 aromatic carbocycles. The third-order valence-electron chi connectivity index (χ3n) is 4.34. The molecule has 1 aliphatic rings. The second-order valence-electron chi connectivity index (χ2n) is 5.90. The third-order valence-corrected chi connectivity index (χ3v) is 4.34. The van der Waals surface area contributed by atoms with Gasteiger partial charge < -0.3 is 9.42 Å². The SMILES string of the molecule is CC=C(C)c1noc(-c2ccc(N3CCC(F)CC3)c(C#N)c2)n1. The molecule has 1 saturated heterocycles. The number of piperidine rings is 1. The van der Waals surface area contributed by atoms with Crippen molar-refractivity contribution in [2.45, 2.75) is 32.9 Å². The lowest BCUT2D eigenvalue weighted by molar-refractivity contribution is 0.277. The Hall–Kier alpha value is -2.68. The van der Waals surface area contributed by atoms with E-state index in [1.807, 2.05) is 32.1 Å². The van der Waals surface area contributed by atoms with Gasteiger partial charge in [0, 0.05) is 18.7 Å². The van der Waals surface area contributed by atoms with E-state index in [-0.39, 0.29) is 0 Å². The molecule has 0 spiro atoms. The van der Waals surface area contributed by atoms with Crippen LogP contribution in [0.1, 0.15) is 38.1 Å². The third kappa shape index (κ3) is 3.16. The number of anilines is 1. The van der Waals surface area contributed by atoms with Crippen molar-refractivity contribution in [2.75, 3.05) is 18.0 Å². The minimum absolute atomic E-state index is 0.386. The van der Waals surface area contributed by atoms with Gasteiger partial charge in [0.15, 0.2) is 5.82 Å². The molecule has 0 unspecified atom stereocenters.